The standard InChI is InChI=1S/C28H31ClN2O2S/c29-24-13-11-21(12-14-24)15-17-31(26(32)19-22-16-18-34-20-22)27(23-7-3-1-4-8-23)28(33)30-25-9-5-2-6-10-25/h1,3-4,7-8,11-14,16,18,20,25,27H,2,5-6,9-10,15,17,19H2,(H,30,33). The zero-order valence-corrected chi connectivity index (χ0v) is 20.9. The van der Waals surface area contributed by atoms with Gasteiger partial charge in [0.15, 0.2) is 0 Å². The lowest BCUT2D eigenvalue weighted by molar-refractivity contribution is -0.140. The lowest BCUT2D eigenvalue weighted by atomic mass is 9.94. The molecule has 2 aromatic carbocycles. The molecule has 1 aliphatic rings. The number of amides is 2. The lowest BCUT2D eigenvalue weighted by Crippen LogP contribution is -2.48. The molecule has 1 aromatic heterocycles. The number of carbonyl (C=O) groups is 2. The van der Waals surface area contributed by atoms with Crippen LogP contribution < -0.4 is 5.32 Å². The second-order valence-corrected chi connectivity index (χ2v) is 10.1. The minimum absolute atomic E-state index is 0.0417. The summed E-state index contributed by atoms with van der Waals surface area (Å²) >= 11 is 7.63. The van der Waals surface area contributed by atoms with Crippen molar-refractivity contribution in [2.45, 2.75) is 57.0 Å². The van der Waals surface area contributed by atoms with Crippen LogP contribution in [0.5, 0.6) is 0 Å². The van der Waals surface area contributed by atoms with Gasteiger partial charge in [-0.05, 0) is 64.9 Å². The molecule has 1 unspecified atom stereocenters. The number of halogens is 1. The third-order valence-corrected chi connectivity index (χ3v) is 7.42. The highest BCUT2D eigenvalue weighted by Gasteiger charge is 2.32. The Balaban J connectivity index is 1.61. The van der Waals surface area contributed by atoms with Crippen molar-refractivity contribution in [3.05, 3.63) is 93.1 Å². The van der Waals surface area contributed by atoms with Crippen LogP contribution in [0.4, 0.5) is 0 Å². The van der Waals surface area contributed by atoms with Crippen LogP contribution in [0.1, 0.15) is 54.8 Å². The predicted molar refractivity (Wildman–Crippen MR) is 139 cm³/mol. The zero-order valence-electron chi connectivity index (χ0n) is 19.3. The normalized spacial score (nSPS) is 15.0. The molecule has 0 radical (unpaired) electrons. The first-order valence-corrected chi connectivity index (χ1v) is 13.3. The van der Waals surface area contributed by atoms with E-state index in [9.17, 15) is 9.59 Å². The van der Waals surface area contributed by atoms with Crippen LogP contribution in [-0.4, -0.2) is 29.3 Å². The summed E-state index contributed by atoms with van der Waals surface area (Å²) < 4.78 is 0. The van der Waals surface area contributed by atoms with Gasteiger partial charge in [0.1, 0.15) is 6.04 Å². The molecule has 1 heterocycles. The molecular weight excluding hydrogens is 464 g/mol. The molecule has 1 fully saturated rings. The lowest BCUT2D eigenvalue weighted by Gasteiger charge is -2.33. The highest BCUT2D eigenvalue weighted by Crippen LogP contribution is 2.25. The molecule has 178 valence electrons. The molecule has 0 bridgehead atoms. The maximum Gasteiger partial charge on any atom is 0.247 e. The van der Waals surface area contributed by atoms with Gasteiger partial charge in [-0.15, -0.1) is 0 Å². The third-order valence-electron chi connectivity index (χ3n) is 6.44. The first-order chi connectivity index (χ1) is 16.6. The molecule has 1 aliphatic carbocycles. The van der Waals surface area contributed by atoms with Crippen molar-refractivity contribution in [1.82, 2.24) is 10.2 Å². The Morgan fingerprint density at radius 3 is 2.38 bits per heavy atom. The Morgan fingerprint density at radius 2 is 1.71 bits per heavy atom. The monoisotopic (exact) mass is 494 g/mol. The second kappa shape index (κ2) is 12.2. The maximum atomic E-state index is 13.7. The summed E-state index contributed by atoms with van der Waals surface area (Å²) in [6.45, 7) is 0.447. The third kappa shape index (κ3) is 6.71. The minimum Gasteiger partial charge on any atom is -0.351 e. The topological polar surface area (TPSA) is 49.4 Å². The second-order valence-electron chi connectivity index (χ2n) is 8.93. The van der Waals surface area contributed by atoms with E-state index in [1.807, 2.05) is 71.4 Å². The van der Waals surface area contributed by atoms with Crippen molar-refractivity contribution in [1.29, 1.82) is 0 Å². The number of hydrogen-bond donors (Lipinski definition) is 1. The fourth-order valence-corrected chi connectivity index (χ4v) is 5.40. The summed E-state index contributed by atoms with van der Waals surface area (Å²) in [7, 11) is 0. The number of benzene rings is 2. The van der Waals surface area contributed by atoms with E-state index in [2.05, 4.69) is 5.32 Å². The number of carbonyl (C=O) groups excluding carboxylic acids is 2. The van der Waals surface area contributed by atoms with Crippen LogP contribution in [0.3, 0.4) is 0 Å². The van der Waals surface area contributed by atoms with E-state index in [0.717, 1.165) is 42.4 Å². The SMILES string of the molecule is O=C(NC1CCCCC1)C(c1ccccc1)N(CCc1ccc(Cl)cc1)C(=O)Cc1ccsc1. The van der Waals surface area contributed by atoms with Crippen molar-refractivity contribution in [2.75, 3.05) is 6.54 Å². The van der Waals surface area contributed by atoms with Gasteiger partial charge in [0.2, 0.25) is 11.8 Å². The molecule has 2 amide bonds. The van der Waals surface area contributed by atoms with Crippen molar-refractivity contribution < 1.29 is 9.59 Å². The number of thiophene rings is 1. The van der Waals surface area contributed by atoms with Gasteiger partial charge >= 0.3 is 0 Å². The van der Waals surface area contributed by atoms with Gasteiger partial charge in [-0.25, -0.2) is 0 Å². The van der Waals surface area contributed by atoms with Crippen LogP contribution in [0, 0.1) is 0 Å². The molecule has 34 heavy (non-hydrogen) atoms. The van der Waals surface area contributed by atoms with E-state index in [0.29, 0.717) is 18.0 Å². The van der Waals surface area contributed by atoms with Gasteiger partial charge in [0, 0.05) is 17.6 Å². The minimum atomic E-state index is -0.665. The smallest absolute Gasteiger partial charge is 0.247 e. The summed E-state index contributed by atoms with van der Waals surface area (Å²) in [5.74, 6) is -0.132. The molecule has 1 atom stereocenters. The predicted octanol–water partition coefficient (Wildman–Crippen LogP) is 6.21. The van der Waals surface area contributed by atoms with E-state index in [-0.39, 0.29) is 24.3 Å². The summed E-state index contributed by atoms with van der Waals surface area (Å²) in [5, 5.41) is 7.92. The van der Waals surface area contributed by atoms with Gasteiger partial charge in [0.05, 0.1) is 6.42 Å². The van der Waals surface area contributed by atoms with Crippen molar-refractivity contribution >= 4 is 34.8 Å². The first-order valence-electron chi connectivity index (χ1n) is 12.0. The fraction of sp³-hybridized carbons (Fsp3) is 0.357. The quantitative estimate of drug-likeness (QED) is 0.384. The van der Waals surface area contributed by atoms with Crippen LogP contribution in [0.2, 0.25) is 5.02 Å². The summed E-state index contributed by atoms with van der Waals surface area (Å²) in [6.07, 6.45) is 6.43. The van der Waals surface area contributed by atoms with Gasteiger partial charge in [-0.3, -0.25) is 9.59 Å². The van der Waals surface area contributed by atoms with Gasteiger partial charge < -0.3 is 10.2 Å². The first kappa shape index (κ1) is 24.5. The Labute approximate surface area is 210 Å². The van der Waals surface area contributed by atoms with E-state index >= 15 is 0 Å². The van der Waals surface area contributed by atoms with Crippen LogP contribution in [0.15, 0.2) is 71.4 Å². The Kier molecular flexibility index (Phi) is 8.78. The molecule has 1 N–H and O–H groups in total. The summed E-state index contributed by atoms with van der Waals surface area (Å²) in [4.78, 5) is 29.1. The Hall–Kier alpha value is -2.63. The highest BCUT2D eigenvalue weighted by atomic mass is 35.5. The molecule has 3 aromatic rings. The maximum absolute atomic E-state index is 13.7. The van der Waals surface area contributed by atoms with E-state index in [4.69, 9.17) is 11.6 Å². The number of nitrogens with one attached hydrogen (secondary N) is 1. The van der Waals surface area contributed by atoms with Gasteiger partial charge in [-0.1, -0.05) is 73.3 Å². The number of rotatable bonds is 9. The molecule has 6 heteroatoms. The molecule has 0 saturated heterocycles. The number of hydrogen-bond acceptors (Lipinski definition) is 3. The van der Waals surface area contributed by atoms with Crippen LogP contribution in [0.25, 0.3) is 0 Å². The largest absolute Gasteiger partial charge is 0.351 e. The van der Waals surface area contributed by atoms with E-state index in [1.165, 1.54) is 6.42 Å². The van der Waals surface area contributed by atoms with E-state index in [1.54, 1.807) is 16.2 Å². The van der Waals surface area contributed by atoms with Crippen molar-refractivity contribution in [2.24, 2.45) is 0 Å². The average Bonchev–Trinajstić information content (AvgIpc) is 3.37. The Morgan fingerprint density at radius 1 is 0.971 bits per heavy atom. The molecule has 4 rings (SSSR count). The van der Waals surface area contributed by atoms with Crippen molar-refractivity contribution in [3.8, 4) is 0 Å². The van der Waals surface area contributed by atoms with Crippen LogP contribution >= 0.6 is 22.9 Å². The molecule has 0 aliphatic heterocycles. The van der Waals surface area contributed by atoms with Crippen LogP contribution in [-0.2, 0) is 22.4 Å². The Bertz CT molecular complexity index is 1050. The van der Waals surface area contributed by atoms with Gasteiger partial charge in [0.25, 0.3) is 0 Å². The average molecular weight is 495 g/mol. The molecule has 0 spiro atoms. The van der Waals surface area contributed by atoms with Gasteiger partial charge in [-0.2, -0.15) is 11.3 Å². The molecular formula is C28H31ClN2O2S. The molecule has 4 nitrogen and oxygen atoms in total. The zero-order chi connectivity index (χ0) is 23.8. The summed E-state index contributed by atoms with van der Waals surface area (Å²) in [6, 6.07) is 18.8. The highest BCUT2D eigenvalue weighted by molar-refractivity contribution is 7.08. The molecule has 1 saturated carbocycles. The van der Waals surface area contributed by atoms with E-state index < -0.39 is 6.04 Å². The fourth-order valence-electron chi connectivity index (χ4n) is 4.60. The summed E-state index contributed by atoms with van der Waals surface area (Å²) in [5.41, 5.74) is 2.90. The number of nitrogens with zero attached hydrogens (tertiary/aromatic N) is 1. The van der Waals surface area contributed by atoms with Crippen molar-refractivity contribution in [3.63, 3.8) is 0 Å².